The first kappa shape index (κ1) is 16.0. The van der Waals surface area contributed by atoms with Crippen molar-refractivity contribution in [2.24, 2.45) is 5.92 Å². The van der Waals surface area contributed by atoms with Crippen molar-refractivity contribution in [3.63, 3.8) is 0 Å². The summed E-state index contributed by atoms with van der Waals surface area (Å²) in [5, 5.41) is -0.248. The van der Waals surface area contributed by atoms with Gasteiger partial charge in [0.05, 0.1) is 5.25 Å². The van der Waals surface area contributed by atoms with Crippen LogP contribution in [0.1, 0.15) is 37.7 Å². The molecular formula is C17H25NO3S. The van der Waals surface area contributed by atoms with E-state index in [4.69, 9.17) is 4.74 Å². The number of piperidine rings is 1. The summed E-state index contributed by atoms with van der Waals surface area (Å²) in [6.45, 7) is 4.59. The van der Waals surface area contributed by atoms with Gasteiger partial charge in [-0.05, 0) is 36.7 Å². The first-order valence-electron chi connectivity index (χ1n) is 8.20. The van der Waals surface area contributed by atoms with E-state index in [2.05, 4.69) is 31.2 Å². The Morgan fingerprint density at radius 1 is 1.09 bits per heavy atom. The number of hydrogen-bond donors (Lipinski definition) is 0. The minimum atomic E-state index is -3.17. The van der Waals surface area contributed by atoms with Gasteiger partial charge in [0.15, 0.2) is 0 Å². The largest absolute Gasteiger partial charge is 0.381 e. The van der Waals surface area contributed by atoms with E-state index in [1.165, 1.54) is 5.56 Å². The Balaban J connectivity index is 1.69. The van der Waals surface area contributed by atoms with Crippen molar-refractivity contribution in [2.45, 2.75) is 37.4 Å². The second-order valence-electron chi connectivity index (χ2n) is 6.50. The van der Waals surface area contributed by atoms with Gasteiger partial charge in [0, 0.05) is 26.3 Å². The van der Waals surface area contributed by atoms with E-state index >= 15 is 0 Å². The molecule has 0 unspecified atom stereocenters. The van der Waals surface area contributed by atoms with Crippen LogP contribution in [0.15, 0.2) is 30.3 Å². The number of nitrogens with zero attached hydrogens (tertiary/aromatic N) is 1. The number of ether oxygens (including phenoxy) is 1. The van der Waals surface area contributed by atoms with Gasteiger partial charge < -0.3 is 4.74 Å². The van der Waals surface area contributed by atoms with Crippen molar-refractivity contribution in [3.05, 3.63) is 35.9 Å². The first-order chi connectivity index (χ1) is 10.6. The van der Waals surface area contributed by atoms with Crippen molar-refractivity contribution >= 4 is 10.0 Å². The lowest BCUT2D eigenvalue weighted by Crippen LogP contribution is -2.47. The second-order valence-corrected chi connectivity index (χ2v) is 8.71. The fourth-order valence-electron chi connectivity index (χ4n) is 3.72. The zero-order valence-electron chi connectivity index (χ0n) is 13.1. The molecule has 0 aromatic heterocycles. The highest BCUT2D eigenvalue weighted by atomic mass is 32.2. The highest BCUT2D eigenvalue weighted by Gasteiger charge is 2.38. The summed E-state index contributed by atoms with van der Waals surface area (Å²) < 4.78 is 32.6. The van der Waals surface area contributed by atoms with Gasteiger partial charge in [-0.2, -0.15) is 0 Å². The lowest BCUT2D eigenvalue weighted by atomic mass is 9.82. The lowest BCUT2D eigenvalue weighted by molar-refractivity contribution is 0.0965. The molecule has 2 aliphatic rings. The van der Waals surface area contributed by atoms with Crippen molar-refractivity contribution in [1.29, 1.82) is 0 Å². The van der Waals surface area contributed by atoms with Gasteiger partial charge in [-0.15, -0.1) is 0 Å². The topological polar surface area (TPSA) is 46.6 Å². The zero-order valence-corrected chi connectivity index (χ0v) is 14.0. The lowest BCUT2D eigenvalue weighted by Gasteiger charge is -2.38. The fourth-order valence-corrected chi connectivity index (χ4v) is 5.73. The van der Waals surface area contributed by atoms with E-state index in [1.54, 1.807) is 4.31 Å². The maximum absolute atomic E-state index is 12.8. The molecule has 4 nitrogen and oxygen atoms in total. The molecule has 2 aliphatic heterocycles. The average Bonchev–Trinajstić information content (AvgIpc) is 2.56. The van der Waals surface area contributed by atoms with E-state index in [9.17, 15) is 8.42 Å². The van der Waals surface area contributed by atoms with Gasteiger partial charge in [0.1, 0.15) is 0 Å². The number of rotatable bonds is 3. The normalized spacial score (nSPS) is 28.6. The van der Waals surface area contributed by atoms with Crippen LogP contribution in [-0.2, 0) is 14.8 Å². The third-order valence-corrected chi connectivity index (χ3v) is 7.41. The third-order valence-electron chi connectivity index (χ3n) is 5.05. The molecule has 1 aromatic rings. The molecular weight excluding hydrogens is 298 g/mol. The average molecular weight is 323 g/mol. The van der Waals surface area contributed by atoms with Crippen LogP contribution in [0.3, 0.4) is 0 Å². The maximum Gasteiger partial charge on any atom is 0.217 e. The van der Waals surface area contributed by atoms with Crippen LogP contribution in [0.25, 0.3) is 0 Å². The SMILES string of the molecule is C[C@H]1CN(S(=O)(=O)C2CCOCC2)CC[C@H]1c1ccccc1. The molecule has 5 heteroatoms. The summed E-state index contributed by atoms with van der Waals surface area (Å²) in [6, 6.07) is 10.5. The van der Waals surface area contributed by atoms with Crippen LogP contribution in [0, 0.1) is 5.92 Å². The van der Waals surface area contributed by atoms with Crippen LogP contribution in [0.2, 0.25) is 0 Å². The molecule has 0 aliphatic carbocycles. The minimum absolute atomic E-state index is 0.248. The van der Waals surface area contributed by atoms with E-state index in [0.29, 0.717) is 51.0 Å². The maximum atomic E-state index is 12.8. The monoisotopic (exact) mass is 323 g/mol. The molecule has 0 saturated carbocycles. The first-order valence-corrected chi connectivity index (χ1v) is 9.71. The number of hydrogen-bond acceptors (Lipinski definition) is 3. The smallest absolute Gasteiger partial charge is 0.217 e. The van der Waals surface area contributed by atoms with Crippen LogP contribution < -0.4 is 0 Å². The molecule has 2 saturated heterocycles. The van der Waals surface area contributed by atoms with E-state index in [1.807, 2.05) is 6.07 Å². The third kappa shape index (κ3) is 3.21. The minimum Gasteiger partial charge on any atom is -0.381 e. The fraction of sp³-hybridized carbons (Fsp3) is 0.647. The number of sulfonamides is 1. The molecule has 0 spiro atoms. The van der Waals surface area contributed by atoms with Crippen LogP contribution in [0.4, 0.5) is 0 Å². The van der Waals surface area contributed by atoms with Gasteiger partial charge in [-0.25, -0.2) is 12.7 Å². The molecule has 2 fully saturated rings. The Labute approximate surface area is 133 Å². The molecule has 2 atom stereocenters. The molecule has 0 radical (unpaired) electrons. The molecule has 2 heterocycles. The van der Waals surface area contributed by atoms with Crippen molar-refractivity contribution in [1.82, 2.24) is 4.31 Å². The van der Waals surface area contributed by atoms with Gasteiger partial charge in [-0.1, -0.05) is 37.3 Å². The summed E-state index contributed by atoms with van der Waals surface area (Å²) in [5.74, 6) is 0.813. The van der Waals surface area contributed by atoms with Crippen LogP contribution in [0.5, 0.6) is 0 Å². The predicted octanol–water partition coefficient (Wildman–Crippen LogP) is 2.62. The molecule has 122 valence electrons. The van der Waals surface area contributed by atoms with Crippen molar-refractivity contribution in [2.75, 3.05) is 26.3 Å². The Morgan fingerprint density at radius 2 is 1.77 bits per heavy atom. The quantitative estimate of drug-likeness (QED) is 0.859. The molecule has 0 amide bonds. The second kappa shape index (κ2) is 6.69. The van der Waals surface area contributed by atoms with E-state index in [0.717, 1.165) is 6.42 Å². The van der Waals surface area contributed by atoms with Crippen LogP contribution >= 0.6 is 0 Å². The summed E-state index contributed by atoms with van der Waals surface area (Å²) in [4.78, 5) is 0. The molecule has 0 N–H and O–H groups in total. The highest BCUT2D eigenvalue weighted by molar-refractivity contribution is 7.89. The Morgan fingerprint density at radius 3 is 2.41 bits per heavy atom. The molecule has 1 aromatic carbocycles. The van der Waals surface area contributed by atoms with Crippen molar-refractivity contribution in [3.8, 4) is 0 Å². The standard InChI is InChI=1S/C17H25NO3S/c1-14-13-18(22(19,20)16-8-11-21-12-9-16)10-7-17(14)15-5-3-2-4-6-15/h2-6,14,16-17H,7-13H2,1H3/t14-,17+/m0/s1. The van der Waals surface area contributed by atoms with Gasteiger partial charge in [-0.3, -0.25) is 0 Å². The summed E-state index contributed by atoms with van der Waals surface area (Å²) in [5.41, 5.74) is 1.33. The van der Waals surface area contributed by atoms with Gasteiger partial charge in [0.25, 0.3) is 0 Å². The van der Waals surface area contributed by atoms with Gasteiger partial charge >= 0.3 is 0 Å². The predicted molar refractivity (Wildman–Crippen MR) is 87.3 cm³/mol. The summed E-state index contributed by atoms with van der Waals surface area (Å²) >= 11 is 0. The Kier molecular flexibility index (Phi) is 4.85. The summed E-state index contributed by atoms with van der Waals surface area (Å²) in [7, 11) is -3.17. The van der Waals surface area contributed by atoms with E-state index < -0.39 is 10.0 Å². The molecule has 0 bridgehead atoms. The van der Waals surface area contributed by atoms with E-state index in [-0.39, 0.29) is 5.25 Å². The Bertz CT molecular complexity index is 581. The number of benzene rings is 1. The Hall–Kier alpha value is -0.910. The summed E-state index contributed by atoms with van der Waals surface area (Å²) in [6.07, 6.45) is 2.18. The highest BCUT2D eigenvalue weighted by Crippen LogP contribution is 2.35. The van der Waals surface area contributed by atoms with Gasteiger partial charge in [0.2, 0.25) is 10.0 Å². The van der Waals surface area contributed by atoms with Crippen molar-refractivity contribution < 1.29 is 13.2 Å². The van der Waals surface area contributed by atoms with Crippen LogP contribution in [-0.4, -0.2) is 44.3 Å². The zero-order chi connectivity index (χ0) is 15.6. The molecule has 22 heavy (non-hydrogen) atoms. The molecule has 3 rings (SSSR count).